The number of para-hydroxylation sites is 1. The van der Waals surface area contributed by atoms with Crippen LogP contribution in [0.2, 0.25) is 5.28 Å². The monoisotopic (exact) mass is 341 g/mol. The molecule has 0 unspecified atom stereocenters. The molecule has 5 heteroatoms. The van der Waals surface area contributed by atoms with Crippen molar-refractivity contribution in [1.82, 2.24) is 9.97 Å². The molecule has 4 nitrogen and oxygen atoms in total. The first-order chi connectivity index (χ1) is 11.4. The van der Waals surface area contributed by atoms with Crippen LogP contribution in [0.1, 0.15) is 19.4 Å². The maximum Gasteiger partial charge on any atom is 0.224 e. The fourth-order valence-corrected chi connectivity index (χ4v) is 2.69. The van der Waals surface area contributed by atoms with E-state index in [0.717, 1.165) is 16.7 Å². The Bertz CT molecular complexity index is 864. The van der Waals surface area contributed by atoms with Gasteiger partial charge >= 0.3 is 0 Å². The van der Waals surface area contributed by atoms with Gasteiger partial charge in [0.1, 0.15) is 17.2 Å². The minimum absolute atomic E-state index is 0.230. The highest BCUT2D eigenvalue weighted by Crippen LogP contribution is 2.24. The molecule has 1 aromatic heterocycles. The number of hydrogen-bond acceptors (Lipinski definition) is 4. The van der Waals surface area contributed by atoms with Crippen LogP contribution in [0, 0.1) is 6.92 Å². The fourth-order valence-electron chi connectivity index (χ4n) is 2.51. The van der Waals surface area contributed by atoms with E-state index < -0.39 is 5.60 Å². The van der Waals surface area contributed by atoms with Crippen LogP contribution in [0.4, 0.5) is 5.82 Å². The predicted octanol–water partition coefficient (Wildman–Crippen LogP) is 4.86. The van der Waals surface area contributed by atoms with E-state index in [2.05, 4.69) is 15.3 Å². The number of rotatable bonds is 5. The molecule has 1 heterocycles. The molecule has 0 aliphatic rings. The fraction of sp³-hybridized carbons (Fsp3) is 0.263. The molecule has 0 atom stereocenters. The molecule has 2 aromatic carbocycles. The second kappa shape index (κ2) is 6.65. The van der Waals surface area contributed by atoms with Crippen molar-refractivity contribution in [2.45, 2.75) is 26.4 Å². The summed E-state index contributed by atoms with van der Waals surface area (Å²) in [5.41, 5.74) is 1.58. The van der Waals surface area contributed by atoms with Crippen LogP contribution in [0.25, 0.3) is 10.9 Å². The Morgan fingerprint density at radius 2 is 1.88 bits per heavy atom. The summed E-state index contributed by atoms with van der Waals surface area (Å²) in [5.74, 6) is 1.57. The minimum Gasteiger partial charge on any atom is -0.486 e. The topological polar surface area (TPSA) is 47.0 Å². The van der Waals surface area contributed by atoms with E-state index in [9.17, 15) is 0 Å². The zero-order valence-electron chi connectivity index (χ0n) is 14.0. The highest BCUT2D eigenvalue weighted by molar-refractivity contribution is 6.28. The lowest BCUT2D eigenvalue weighted by molar-refractivity contribution is 0.123. The van der Waals surface area contributed by atoms with Crippen LogP contribution >= 0.6 is 11.6 Å². The van der Waals surface area contributed by atoms with Crippen LogP contribution in [0.5, 0.6) is 5.75 Å². The van der Waals surface area contributed by atoms with Crippen molar-refractivity contribution >= 4 is 28.3 Å². The molecule has 0 spiro atoms. The smallest absolute Gasteiger partial charge is 0.224 e. The SMILES string of the molecule is Cc1cccc(OC(C)(C)CNc2nc(Cl)nc3ccccc23)c1. The van der Waals surface area contributed by atoms with Crippen LogP contribution in [-0.4, -0.2) is 22.1 Å². The van der Waals surface area contributed by atoms with Gasteiger partial charge in [-0.15, -0.1) is 0 Å². The van der Waals surface area contributed by atoms with Gasteiger partial charge in [0.2, 0.25) is 5.28 Å². The molecule has 124 valence electrons. The van der Waals surface area contributed by atoms with Crippen molar-refractivity contribution in [3.63, 3.8) is 0 Å². The van der Waals surface area contributed by atoms with Crippen LogP contribution < -0.4 is 10.1 Å². The molecule has 0 radical (unpaired) electrons. The van der Waals surface area contributed by atoms with Crippen molar-refractivity contribution in [3.05, 3.63) is 59.4 Å². The Balaban J connectivity index is 1.77. The van der Waals surface area contributed by atoms with Crippen molar-refractivity contribution in [2.24, 2.45) is 0 Å². The molecule has 0 aliphatic heterocycles. The molecule has 0 amide bonds. The number of ether oxygens (including phenoxy) is 1. The molecule has 0 aliphatic carbocycles. The number of benzene rings is 2. The molecule has 0 saturated carbocycles. The Labute approximate surface area is 146 Å². The molecule has 24 heavy (non-hydrogen) atoms. The van der Waals surface area contributed by atoms with E-state index >= 15 is 0 Å². The zero-order chi connectivity index (χ0) is 17.2. The first-order valence-electron chi connectivity index (χ1n) is 7.85. The number of anilines is 1. The van der Waals surface area contributed by atoms with Crippen molar-refractivity contribution in [2.75, 3.05) is 11.9 Å². The lowest BCUT2D eigenvalue weighted by atomic mass is 10.1. The molecule has 3 aromatic rings. The van der Waals surface area contributed by atoms with Gasteiger partial charge in [0.15, 0.2) is 0 Å². The van der Waals surface area contributed by atoms with Crippen LogP contribution in [0.15, 0.2) is 48.5 Å². The summed E-state index contributed by atoms with van der Waals surface area (Å²) in [6.45, 7) is 6.70. The Morgan fingerprint density at radius 1 is 1.08 bits per heavy atom. The zero-order valence-corrected chi connectivity index (χ0v) is 14.8. The van der Waals surface area contributed by atoms with E-state index in [1.807, 2.05) is 69.3 Å². The molecular formula is C19H20ClN3O. The van der Waals surface area contributed by atoms with Gasteiger partial charge in [0.25, 0.3) is 0 Å². The van der Waals surface area contributed by atoms with Gasteiger partial charge in [-0.1, -0.05) is 24.3 Å². The third-order valence-corrected chi connectivity index (χ3v) is 3.81. The average Bonchev–Trinajstić information content (AvgIpc) is 2.52. The van der Waals surface area contributed by atoms with Gasteiger partial charge < -0.3 is 10.1 Å². The number of hydrogen-bond donors (Lipinski definition) is 1. The van der Waals surface area contributed by atoms with Gasteiger partial charge in [-0.3, -0.25) is 0 Å². The molecule has 0 fully saturated rings. The lowest BCUT2D eigenvalue weighted by Crippen LogP contribution is -2.36. The summed E-state index contributed by atoms with van der Waals surface area (Å²) < 4.78 is 6.11. The summed E-state index contributed by atoms with van der Waals surface area (Å²) in [6.07, 6.45) is 0. The summed E-state index contributed by atoms with van der Waals surface area (Å²) in [7, 11) is 0. The standard InChI is InChI=1S/C19H20ClN3O/c1-13-7-6-8-14(11-13)24-19(2,3)12-21-17-15-9-4-5-10-16(15)22-18(20)23-17/h4-11H,12H2,1-3H3,(H,21,22,23). The Hall–Kier alpha value is -2.33. The number of fused-ring (bicyclic) bond motifs is 1. The number of nitrogens with one attached hydrogen (secondary N) is 1. The maximum absolute atomic E-state index is 6.11. The third-order valence-electron chi connectivity index (χ3n) is 3.64. The largest absolute Gasteiger partial charge is 0.486 e. The number of aryl methyl sites for hydroxylation is 1. The van der Waals surface area contributed by atoms with E-state index in [0.29, 0.717) is 12.4 Å². The summed E-state index contributed by atoms with van der Waals surface area (Å²) in [6, 6.07) is 15.8. The van der Waals surface area contributed by atoms with E-state index in [1.54, 1.807) is 0 Å². The summed E-state index contributed by atoms with van der Waals surface area (Å²) >= 11 is 6.03. The molecule has 3 rings (SSSR count). The first kappa shape index (κ1) is 16.5. The molecule has 0 saturated heterocycles. The normalized spacial score (nSPS) is 11.5. The van der Waals surface area contributed by atoms with Gasteiger partial charge in [0.05, 0.1) is 12.1 Å². The Kier molecular flexibility index (Phi) is 4.58. The number of halogens is 1. The second-order valence-corrected chi connectivity index (χ2v) is 6.73. The molecular weight excluding hydrogens is 322 g/mol. The van der Waals surface area contributed by atoms with Crippen molar-refractivity contribution in [1.29, 1.82) is 0 Å². The van der Waals surface area contributed by atoms with E-state index in [1.165, 1.54) is 5.56 Å². The van der Waals surface area contributed by atoms with Gasteiger partial charge in [-0.05, 0) is 62.2 Å². The second-order valence-electron chi connectivity index (χ2n) is 6.39. The van der Waals surface area contributed by atoms with Gasteiger partial charge in [-0.2, -0.15) is 0 Å². The minimum atomic E-state index is -0.410. The summed E-state index contributed by atoms with van der Waals surface area (Å²) in [5, 5.41) is 4.51. The van der Waals surface area contributed by atoms with Crippen LogP contribution in [-0.2, 0) is 0 Å². The number of nitrogens with zero attached hydrogens (tertiary/aromatic N) is 2. The van der Waals surface area contributed by atoms with Gasteiger partial charge in [0, 0.05) is 5.39 Å². The van der Waals surface area contributed by atoms with E-state index in [4.69, 9.17) is 16.3 Å². The Morgan fingerprint density at radius 3 is 2.67 bits per heavy atom. The average molecular weight is 342 g/mol. The number of aromatic nitrogens is 2. The van der Waals surface area contributed by atoms with E-state index in [-0.39, 0.29) is 5.28 Å². The maximum atomic E-state index is 6.11. The summed E-state index contributed by atoms with van der Waals surface area (Å²) in [4.78, 5) is 8.55. The predicted molar refractivity (Wildman–Crippen MR) is 98.9 cm³/mol. The molecule has 0 bridgehead atoms. The highest BCUT2D eigenvalue weighted by atomic mass is 35.5. The highest BCUT2D eigenvalue weighted by Gasteiger charge is 2.20. The quantitative estimate of drug-likeness (QED) is 0.673. The first-order valence-corrected chi connectivity index (χ1v) is 8.23. The lowest BCUT2D eigenvalue weighted by Gasteiger charge is -2.27. The molecule has 1 N–H and O–H groups in total. The van der Waals surface area contributed by atoms with Crippen LogP contribution in [0.3, 0.4) is 0 Å². The van der Waals surface area contributed by atoms with Crippen molar-refractivity contribution < 1.29 is 4.74 Å². The third kappa shape index (κ3) is 3.95. The van der Waals surface area contributed by atoms with Gasteiger partial charge in [-0.25, -0.2) is 9.97 Å². The van der Waals surface area contributed by atoms with Crippen molar-refractivity contribution in [3.8, 4) is 5.75 Å².